The highest BCUT2D eigenvalue weighted by molar-refractivity contribution is 7.21. The second kappa shape index (κ2) is 8.31. The summed E-state index contributed by atoms with van der Waals surface area (Å²) >= 11 is 1.61. The molecule has 3 heterocycles. The number of hydrogen-bond acceptors (Lipinski definition) is 10. The number of aliphatic hydroxyl groups is 3. The number of aliphatic hydroxyl groups excluding tert-OH is 3. The molecule has 190 valence electrons. The van der Waals surface area contributed by atoms with Gasteiger partial charge >= 0.3 is 0 Å². The SMILES string of the molecule is Cc1nc(NC2(C3CC3)CC2)nc(NC2CC(CO)C(O)C2O)c1-c1nc2c(C3CC3)nccc2s1. The Bertz CT molecular complexity index is 1320. The average Bonchev–Trinajstić information content (AvgIpc) is 3.73. The number of rotatable bonds is 8. The van der Waals surface area contributed by atoms with E-state index in [1.807, 2.05) is 19.2 Å². The largest absolute Gasteiger partial charge is 0.396 e. The first-order valence-electron chi connectivity index (χ1n) is 13.1. The van der Waals surface area contributed by atoms with Crippen LogP contribution < -0.4 is 10.6 Å². The molecule has 3 aromatic rings. The monoisotopic (exact) mass is 508 g/mol. The van der Waals surface area contributed by atoms with Gasteiger partial charge in [-0.2, -0.15) is 4.98 Å². The van der Waals surface area contributed by atoms with E-state index < -0.39 is 18.2 Å². The summed E-state index contributed by atoms with van der Waals surface area (Å²) in [7, 11) is 0. The molecule has 5 N–H and O–H groups in total. The number of hydrogen-bond donors (Lipinski definition) is 5. The van der Waals surface area contributed by atoms with Gasteiger partial charge in [-0.1, -0.05) is 0 Å². The third kappa shape index (κ3) is 3.86. The highest BCUT2D eigenvalue weighted by atomic mass is 32.1. The van der Waals surface area contributed by atoms with E-state index in [4.69, 9.17) is 15.0 Å². The number of nitrogens with zero attached hydrogens (tertiary/aromatic N) is 4. The first-order chi connectivity index (χ1) is 17.5. The van der Waals surface area contributed by atoms with Gasteiger partial charge in [0.1, 0.15) is 22.4 Å². The average molecular weight is 509 g/mol. The summed E-state index contributed by atoms with van der Waals surface area (Å²) in [6.07, 6.45) is 7.46. The lowest BCUT2D eigenvalue weighted by Gasteiger charge is -2.23. The van der Waals surface area contributed by atoms with Gasteiger partial charge in [0.2, 0.25) is 5.95 Å². The van der Waals surface area contributed by atoms with Gasteiger partial charge in [0.15, 0.2) is 0 Å². The van der Waals surface area contributed by atoms with E-state index in [0.29, 0.717) is 30.0 Å². The zero-order valence-electron chi connectivity index (χ0n) is 20.3. The topological polar surface area (TPSA) is 136 Å². The molecule has 3 aromatic heterocycles. The number of aromatic nitrogens is 4. The van der Waals surface area contributed by atoms with E-state index in [2.05, 4.69) is 15.6 Å². The Morgan fingerprint density at radius 1 is 1.08 bits per heavy atom. The van der Waals surface area contributed by atoms with Gasteiger partial charge in [-0.3, -0.25) is 4.98 Å². The van der Waals surface area contributed by atoms with Crippen molar-refractivity contribution < 1.29 is 15.3 Å². The zero-order chi connectivity index (χ0) is 24.6. The molecule has 10 heteroatoms. The first kappa shape index (κ1) is 22.8. The number of nitrogens with one attached hydrogen (secondary N) is 2. The van der Waals surface area contributed by atoms with Crippen LogP contribution in [0.5, 0.6) is 0 Å². The van der Waals surface area contributed by atoms with Crippen molar-refractivity contribution in [3.05, 3.63) is 23.7 Å². The molecule has 0 radical (unpaired) electrons. The predicted octanol–water partition coefficient (Wildman–Crippen LogP) is 3.20. The minimum absolute atomic E-state index is 0.122. The molecule has 0 aliphatic heterocycles. The normalized spacial score (nSPS) is 29.0. The lowest BCUT2D eigenvalue weighted by molar-refractivity contribution is 0.00446. The number of thiazole rings is 1. The number of pyridine rings is 1. The van der Waals surface area contributed by atoms with Crippen LogP contribution in [0.15, 0.2) is 12.3 Å². The van der Waals surface area contributed by atoms with Gasteiger partial charge in [0.25, 0.3) is 0 Å². The van der Waals surface area contributed by atoms with Crippen LogP contribution in [0.3, 0.4) is 0 Å². The van der Waals surface area contributed by atoms with Crippen LogP contribution in [0, 0.1) is 18.8 Å². The molecule has 4 saturated carbocycles. The maximum absolute atomic E-state index is 10.7. The van der Waals surface area contributed by atoms with Crippen LogP contribution in [0.1, 0.15) is 62.3 Å². The lowest BCUT2D eigenvalue weighted by Crippen LogP contribution is -2.36. The van der Waals surface area contributed by atoms with Gasteiger partial charge in [0.05, 0.1) is 33.8 Å². The van der Waals surface area contributed by atoms with Gasteiger partial charge < -0.3 is 26.0 Å². The second-order valence-electron chi connectivity index (χ2n) is 11.2. The highest BCUT2D eigenvalue weighted by Gasteiger charge is 2.54. The van der Waals surface area contributed by atoms with Crippen molar-refractivity contribution in [2.24, 2.45) is 11.8 Å². The second-order valence-corrected chi connectivity index (χ2v) is 12.2. The predicted molar refractivity (Wildman–Crippen MR) is 138 cm³/mol. The summed E-state index contributed by atoms with van der Waals surface area (Å²) in [5, 5.41) is 38.6. The van der Waals surface area contributed by atoms with Gasteiger partial charge in [0, 0.05) is 30.2 Å². The third-order valence-corrected chi connectivity index (χ3v) is 9.51. The van der Waals surface area contributed by atoms with Gasteiger partial charge in [-0.05, 0) is 63.9 Å². The number of anilines is 2. The maximum atomic E-state index is 10.7. The van der Waals surface area contributed by atoms with Crippen molar-refractivity contribution in [2.75, 3.05) is 17.2 Å². The first-order valence-corrected chi connectivity index (χ1v) is 13.9. The van der Waals surface area contributed by atoms with Crippen LogP contribution >= 0.6 is 11.3 Å². The summed E-state index contributed by atoms with van der Waals surface area (Å²) in [5.41, 5.74) is 3.77. The summed E-state index contributed by atoms with van der Waals surface area (Å²) < 4.78 is 1.09. The minimum atomic E-state index is -0.996. The van der Waals surface area contributed by atoms with E-state index in [0.717, 1.165) is 57.9 Å². The lowest BCUT2D eigenvalue weighted by atomic mass is 10.1. The van der Waals surface area contributed by atoms with Crippen molar-refractivity contribution in [1.82, 2.24) is 19.9 Å². The summed E-state index contributed by atoms with van der Waals surface area (Å²) in [5.74, 6) is 2.02. The molecule has 0 amide bonds. The molecule has 7 rings (SSSR count). The third-order valence-electron chi connectivity index (χ3n) is 8.47. The van der Waals surface area contributed by atoms with E-state index in [-0.39, 0.29) is 18.1 Å². The number of fused-ring (bicyclic) bond motifs is 1. The Hall–Kier alpha value is -2.40. The Morgan fingerprint density at radius 3 is 2.56 bits per heavy atom. The maximum Gasteiger partial charge on any atom is 0.225 e. The molecule has 0 bridgehead atoms. The molecular weight excluding hydrogens is 476 g/mol. The van der Waals surface area contributed by atoms with Gasteiger partial charge in [-0.15, -0.1) is 11.3 Å². The van der Waals surface area contributed by atoms with Crippen LogP contribution in [0.25, 0.3) is 20.8 Å². The van der Waals surface area contributed by atoms with E-state index in [1.54, 1.807) is 11.3 Å². The molecule has 4 aliphatic rings. The summed E-state index contributed by atoms with van der Waals surface area (Å²) in [6, 6.07) is 1.58. The Kier molecular flexibility index (Phi) is 5.25. The van der Waals surface area contributed by atoms with Crippen LogP contribution in [-0.4, -0.2) is 65.7 Å². The van der Waals surface area contributed by atoms with Crippen molar-refractivity contribution in [1.29, 1.82) is 0 Å². The smallest absolute Gasteiger partial charge is 0.225 e. The molecule has 0 spiro atoms. The molecule has 4 fully saturated rings. The molecular formula is C26H32N6O3S. The summed E-state index contributed by atoms with van der Waals surface area (Å²) in [4.78, 5) is 19.4. The standard InChI is InChI=1S/C26H32N6O3S/c1-12-18(24-30-20-17(36-24)6-9-27-19(20)13-2-3-13)23(29-16-10-14(11-33)21(34)22(16)35)31-25(28-12)32-26(7-8-26)15-4-5-15/h6,9,13-16,21-22,33-35H,2-5,7-8,10-11H2,1H3,(H2,28,29,31,32). The fourth-order valence-corrected chi connectivity index (χ4v) is 6.95. The number of aryl methyl sites for hydroxylation is 1. The van der Waals surface area contributed by atoms with Crippen LogP contribution in [-0.2, 0) is 0 Å². The van der Waals surface area contributed by atoms with Gasteiger partial charge in [-0.25, -0.2) is 9.97 Å². The Labute approximate surface area is 213 Å². The van der Waals surface area contributed by atoms with E-state index in [9.17, 15) is 15.3 Å². The minimum Gasteiger partial charge on any atom is -0.396 e. The molecule has 0 aromatic carbocycles. The van der Waals surface area contributed by atoms with Crippen molar-refractivity contribution in [3.63, 3.8) is 0 Å². The molecule has 4 unspecified atom stereocenters. The fraction of sp³-hybridized carbons (Fsp3) is 0.615. The molecule has 9 nitrogen and oxygen atoms in total. The van der Waals surface area contributed by atoms with E-state index >= 15 is 0 Å². The van der Waals surface area contributed by atoms with Crippen molar-refractivity contribution in [2.45, 2.75) is 81.6 Å². The molecule has 0 saturated heterocycles. The molecule has 36 heavy (non-hydrogen) atoms. The van der Waals surface area contributed by atoms with Crippen molar-refractivity contribution in [3.8, 4) is 10.6 Å². The molecule has 4 aliphatic carbocycles. The van der Waals surface area contributed by atoms with Crippen LogP contribution in [0.4, 0.5) is 11.8 Å². The quantitative estimate of drug-likeness (QED) is 0.311. The summed E-state index contributed by atoms with van der Waals surface area (Å²) in [6.45, 7) is 1.81. The Morgan fingerprint density at radius 2 is 1.89 bits per heavy atom. The van der Waals surface area contributed by atoms with E-state index in [1.165, 1.54) is 12.8 Å². The van der Waals surface area contributed by atoms with Crippen LogP contribution in [0.2, 0.25) is 0 Å². The fourth-order valence-electron chi connectivity index (χ4n) is 5.88. The Balaban J connectivity index is 1.29. The van der Waals surface area contributed by atoms with Crippen molar-refractivity contribution >= 4 is 33.3 Å². The highest BCUT2D eigenvalue weighted by Crippen LogP contribution is 2.55. The molecule has 4 atom stereocenters. The zero-order valence-corrected chi connectivity index (χ0v) is 21.1.